The van der Waals surface area contributed by atoms with Crippen molar-refractivity contribution in [3.8, 4) is 11.6 Å². The van der Waals surface area contributed by atoms with Crippen LogP contribution >= 0.6 is 35.0 Å². The first-order chi connectivity index (χ1) is 19.4. The summed E-state index contributed by atoms with van der Waals surface area (Å²) in [5, 5.41) is 0.832. The number of alkyl halides is 1. The molecule has 198 valence electrons. The molecule has 3 atom stereocenters. The number of benzene rings is 4. The van der Waals surface area contributed by atoms with Crippen molar-refractivity contribution in [3.05, 3.63) is 125 Å². The van der Waals surface area contributed by atoms with Crippen molar-refractivity contribution in [1.82, 2.24) is 4.98 Å². The van der Waals surface area contributed by atoms with Gasteiger partial charge in [0.05, 0.1) is 16.7 Å². The predicted octanol–water partition coefficient (Wildman–Crippen LogP) is 9.08. The van der Waals surface area contributed by atoms with Gasteiger partial charge in [0.2, 0.25) is 11.8 Å². The second-order valence-electron chi connectivity index (χ2n) is 10.2. The van der Waals surface area contributed by atoms with Gasteiger partial charge >= 0.3 is 0 Å². The molecule has 3 unspecified atom stereocenters. The summed E-state index contributed by atoms with van der Waals surface area (Å²) in [4.78, 5) is 21.3. The molecule has 0 bridgehead atoms. The Labute approximate surface area is 246 Å². The lowest BCUT2D eigenvalue weighted by Gasteiger charge is -2.55. The number of fused-ring (bicyclic) bond motifs is 4. The van der Waals surface area contributed by atoms with Crippen LogP contribution in [-0.2, 0) is 10.3 Å². The van der Waals surface area contributed by atoms with Gasteiger partial charge in [0.15, 0.2) is 0 Å². The van der Waals surface area contributed by atoms with Crippen LogP contribution in [0.1, 0.15) is 28.4 Å². The number of aryl methyl sites for hydroxylation is 1. The Kier molecular flexibility index (Phi) is 6.26. The largest absolute Gasteiger partial charge is 0.439 e. The number of pyridine rings is 1. The third-order valence-corrected chi connectivity index (χ3v) is 9.84. The van der Waals surface area contributed by atoms with E-state index in [4.69, 9.17) is 32.9 Å². The molecule has 0 radical (unpaired) electrons. The number of halogens is 2. The first-order valence-corrected chi connectivity index (χ1v) is 14.8. The smallest absolute Gasteiger partial charge is 0.248 e. The van der Waals surface area contributed by atoms with Crippen molar-refractivity contribution in [1.29, 1.82) is 0 Å². The average Bonchev–Trinajstić information content (AvgIpc) is 3.11. The number of anilines is 1. The molecule has 2 aliphatic heterocycles. The molecular formula is C33H24Cl2N2O2S. The highest BCUT2D eigenvalue weighted by molar-refractivity contribution is 7.99. The van der Waals surface area contributed by atoms with Crippen molar-refractivity contribution in [2.24, 2.45) is 0 Å². The number of aromatic nitrogens is 1. The molecule has 1 aromatic heterocycles. The van der Waals surface area contributed by atoms with Crippen LogP contribution in [0.2, 0.25) is 5.02 Å². The van der Waals surface area contributed by atoms with Crippen LogP contribution < -0.4 is 9.64 Å². The summed E-state index contributed by atoms with van der Waals surface area (Å²) in [6.07, 6.45) is 0.567. The minimum Gasteiger partial charge on any atom is -0.439 e. The van der Waals surface area contributed by atoms with Gasteiger partial charge in [0, 0.05) is 26.1 Å². The number of carbonyl (C=O) groups is 1. The van der Waals surface area contributed by atoms with Crippen LogP contribution in [0, 0.1) is 6.92 Å². The van der Waals surface area contributed by atoms with Crippen LogP contribution in [0.15, 0.2) is 108 Å². The van der Waals surface area contributed by atoms with E-state index in [1.54, 1.807) is 11.8 Å². The molecule has 4 nitrogen and oxygen atoms in total. The van der Waals surface area contributed by atoms with E-state index in [1.807, 2.05) is 83.8 Å². The Bertz CT molecular complexity index is 1760. The topological polar surface area (TPSA) is 42.4 Å². The van der Waals surface area contributed by atoms with Crippen LogP contribution in [-0.4, -0.2) is 16.3 Å². The molecular weight excluding hydrogens is 559 g/mol. The van der Waals surface area contributed by atoms with Crippen LogP contribution in [0.3, 0.4) is 0 Å². The summed E-state index contributed by atoms with van der Waals surface area (Å²) in [7, 11) is 0. The lowest BCUT2D eigenvalue weighted by Crippen LogP contribution is -2.70. The number of rotatable bonds is 4. The van der Waals surface area contributed by atoms with E-state index >= 15 is 0 Å². The van der Waals surface area contributed by atoms with E-state index in [0.717, 1.165) is 38.2 Å². The zero-order valence-corrected chi connectivity index (χ0v) is 23.9. The van der Waals surface area contributed by atoms with Crippen LogP contribution in [0.25, 0.3) is 10.9 Å². The van der Waals surface area contributed by atoms with Gasteiger partial charge in [-0.3, -0.25) is 9.69 Å². The minimum absolute atomic E-state index is 0.0988. The van der Waals surface area contributed by atoms with Gasteiger partial charge < -0.3 is 4.74 Å². The zero-order valence-electron chi connectivity index (χ0n) is 21.6. The van der Waals surface area contributed by atoms with Crippen molar-refractivity contribution in [2.75, 3.05) is 4.90 Å². The number of thioether (sulfide) groups is 1. The fourth-order valence-corrected chi connectivity index (χ4v) is 7.73. The Balaban J connectivity index is 1.44. The van der Waals surface area contributed by atoms with Gasteiger partial charge in [0.1, 0.15) is 11.1 Å². The highest BCUT2D eigenvalue weighted by Gasteiger charge is 2.63. The fraction of sp³-hybridized carbons (Fsp3) is 0.152. The number of amides is 1. The van der Waals surface area contributed by atoms with E-state index in [1.165, 1.54) is 0 Å². The van der Waals surface area contributed by atoms with Crippen LogP contribution in [0.5, 0.6) is 11.6 Å². The molecule has 0 saturated carbocycles. The summed E-state index contributed by atoms with van der Waals surface area (Å²) < 4.78 is 6.46. The summed E-state index contributed by atoms with van der Waals surface area (Å²) in [6.45, 7) is 2.08. The second-order valence-corrected chi connectivity index (χ2v) is 12.4. The van der Waals surface area contributed by atoms with Gasteiger partial charge in [-0.2, -0.15) is 0 Å². The first-order valence-electron chi connectivity index (χ1n) is 13.1. The van der Waals surface area contributed by atoms with E-state index in [0.29, 0.717) is 23.1 Å². The Morgan fingerprint density at radius 1 is 0.950 bits per heavy atom. The first kappa shape index (κ1) is 25.5. The molecule has 1 saturated heterocycles. The normalized spacial score (nSPS) is 21.8. The van der Waals surface area contributed by atoms with E-state index in [9.17, 15) is 4.79 Å². The third-order valence-electron chi connectivity index (χ3n) is 7.74. The highest BCUT2D eigenvalue weighted by Crippen LogP contribution is 2.61. The minimum atomic E-state index is -0.765. The number of carbonyl (C=O) groups excluding carboxylic acids is 1. The van der Waals surface area contributed by atoms with Gasteiger partial charge in [-0.05, 0) is 73.5 Å². The lowest BCUT2D eigenvalue weighted by molar-refractivity contribution is -0.127. The number of ether oxygens (including phenoxy) is 1. The molecule has 7 rings (SSSR count). The molecule has 4 aromatic carbocycles. The maximum atomic E-state index is 13.4. The number of para-hydroxylation sites is 2. The zero-order chi connectivity index (χ0) is 27.4. The molecule has 3 heterocycles. The van der Waals surface area contributed by atoms with Gasteiger partial charge in [-0.25, -0.2) is 4.98 Å². The number of hydrogen-bond acceptors (Lipinski definition) is 4. The Hall–Kier alpha value is -3.51. The van der Waals surface area contributed by atoms with E-state index in [-0.39, 0.29) is 11.2 Å². The molecule has 0 N–H and O–H groups in total. The molecule has 0 aliphatic carbocycles. The van der Waals surface area contributed by atoms with Gasteiger partial charge in [-0.15, -0.1) is 23.4 Å². The maximum absolute atomic E-state index is 13.4. The average molecular weight is 584 g/mol. The Morgan fingerprint density at radius 2 is 1.70 bits per heavy atom. The standard InChI is InChI=1S/C33H24Cl2N2O2S/c1-20-11-16-26-21(17-20)18-25(31(36-26)39-24-7-3-2-4-8-24)29-19-33(22-12-14-23(34)15-13-22)30(35)32(38)37(33)27-9-5-6-10-28(27)40-29/h2-18,29-30H,19H2,1H3. The fourth-order valence-electron chi connectivity index (χ4n) is 5.82. The van der Waals surface area contributed by atoms with Gasteiger partial charge in [0.25, 0.3) is 0 Å². The Morgan fingerprint density at radius 3 is 2.50 bits per heavy atom. The third kappa shape index (κ3) is 4.07. The second kappa shape index (κ2) is 9.84. The van der Waals surface area contributed by atoms with Gasteiger partial charge in [-0.1, -0.05) is 65.7 Å². The maximum Gasteiger partial charge on any atom is 0.248 e. The van der Waals surface area contributed by atoms with Crippen molar-refractivity contribution in [3.63, 3.8) is 0 Å². The lowest BCUT2D eigenvalue weighted by atomic mass is 9.72. The summed E-state index contributed by atoms with van der Waals surface area (Å²) in [5.41, 5.74) is 4.03. The predicted molar refractivity (Wildman–Crippen MR) is 163 cm³/mol. The van der Waals surface area contributed by atoms with E-state index < -0.39 is 10.9 Å². The highest BCUT2D eigenvalue weighted by atomic mass is 35.5. The van der Waals surface area contributed by atoms with E-state index in [2.05, 4.69) is 31.2 Å². The molecule has 7 heteroatoms. The molecule has 0 spiro atoms. The molecule has 40 heavy (non-hydrogen) atoms. The number of β-lactam (4-membered cyclic amide) rings is 1. The summed E-state index contributed by atoms with van der Waals surface area (Å²) >= 11 is 15.0. The summed E-state index contributed by atoms with van der Waals surface area (Å²) in [6, 6.07) is 33.8. The molecule has 1 amide bonds. The quantitative estimate of drug-likeness (QED) is 0.156. The summed E-state index contributed by atoms with van der Waals surface area (Å²) in [5.74, 6) is 1.16. The number of nitrogens with zero attached hydrogens (tertiary/aromatic N) is 2. The SMILES string of the molecule is Cc1ccc2nc(Oc3ccccc3)c(C3CC4(c5ccc(Cl)cc5)C(Cl)C(=O)N4c4ccccc4S3)cc2c1. The number of hydrogen-bond donors (Lipinski definition) is 0. The molecule has 5 aromatic rings. The molecule has 1 fully saturated rings. The van der Waals surface area contributed by atoms with Crippen molar-refractivity contribution in [2.45, 2.75) is 34.4 Å². The van der Waals surface area contributed by atoms with Crippen molar-refractivity contribution >= 4 is 57.5 Å². The molecule has 2 aliphatic rings. The van der Waals surface area contributed by atoms with Crippen LogP contribution in [0.4, 0.5) is 5.69 Å². The monoisotopic (exact) mass is 582 g/mol. The van der Waals surface area contributed by atoms with Crippen molar-refractivity contribution < 1.29 is 9.53 Å².